The van der Waals surface area contributed by atoms with Crippen LogP contribution in [0.3, 0.4) is 0 Å². The molecule has 0 aromatic carbocycles. The number of rotatable bonds is 7. The first-order valence-electron chi connectivity index (χ1n) is 9.69. The molecule has 2 aromatic rings. The Morgan fingerprint density at radius 3 is 2.52 bits per heavy atom. The van der Waals surface area contributed by atoms with Crippen molar-refractivity contribution in [2.45, 2.75) is 72.0 Å². The summed E-state index contributed by atoms with van der Waals surface area (Å²) in [4.78, 5) is 0. The van der Waals surface area contributed by atoms with Crippen molar-refractivity contribution < 1.29 is 8.42 Å². The third kappa shape index (κ3) is 4.36. The van der Waals surface area contributed by atoms with Crippen LogP contribution >= 0.6 is 0 Å². The molecule has 0 spiro atoms. The Balaban J connectivity index is 1.76. The van der Waals surface area contributed by atoms with Crippen LogP contribution in [0.2, 0.25) is 0 Å². The number of aryl methyl sites for hydroxylation is 2. The van der Waals surface area contributed by atoms with E-state index in [4.69, 9.17) is 0 Å². The summed E-state index contributed by atoms with van der Waals surface area (Å²) in [5.41, 5.74) is 5.29. The van der Waals surface area contributed by atoms with Crippen LogP contribution in [-0.4, -0.2) is 40.0 Å². The zero-order valence-electron chi connectivity index (χ0n) is 17.0. The molecule has 1 aliphatic rings. The predicted molar refractivity (Wildman–Crippen MR) is 108 cm³/mol. The zero-order chi connectivity index (χ0) is 19.8. The molecule has 1 unspecified atom stereocenters. The summed E-state index contributed by atoms with van der Waals surface area (Å²) in [6.45, 7) is 8.60. The number of aromatic nitrogens is 4. The van der Waals surface area contributed by atoms with Gasteiger partial charge in [-0.25, -0.2) is 8.42 Å². The van der Waals surface area contributed by atoms with Crippen molar-refractivity contribution in [2.24, 2.45) is 0 Å². The van der Waals surface area contributed by atoms with E-state index in [1.807, 2.05) is 20.0 Å². The Kier molecular flexibility index (Phi) is 5.65. The number of sulfone groups is 1. The minimum absolute atomic E-state index is 0.0666. The molecule has 27 heavy (non-hydrogen) atoms. The number of anilines is 1. The van der Waals surface area contributed by atoms with Gasteiger partial charge in [0.25, 0.3) is 0 Å². The van der Waals surface area contributed by atoms with E-state index in [2.05, 4.69) is 34.0 Å². The summed E-state index contributed by atoms with van der Waals surface area (Å²) < 4.78 is 26.9. The fraction of sp³-hybridized carbons (Fsp3) is 0.684. The van der Waals surface area contributed by atoms with Gasteiger partial charge in [0.05, 0.1) is 47.7 Å². The van der Waals surface area contributed by atoms with Gasteiger partial charge in [0, 0.05) is 17.5 Å². The molecule has 3 rings (SSSR count). The Morgan fingerprint density at radius 2 is 1.89 bits per heavy atom. The maximum Gasteiger partial charge on any atom is 0.149 e. The number of hydrogen-bond donors (Lipinski definition) is 1. The molecule has 8 heteroatoms. The SMILES string of the molecule is Cc1nn(CCS(C)(=O)=O)c(C)c1C(C)Nc1cnn(C2CCCC2)c1C. The first-order chi connectivity index (χ1) is 12.7. The van der Waals surface area contributed by atoms with E-state index in [-0.39, 0.29) is 11.8 Å². The minimum Gasteiger partial charge on any atom is -0.376 e. The van der Waals surface area contributed by atoms with E-state index >= 15 is 0 Å². The fourth-order valence-electron chi connectivity index (χ4n) is 4.19. The molecule has 0 radical (unpaired) electrons. The second-order valence-corrected chi connectivity index (χ2v) is 10.1. The van der Waals surface area contributed by atoms with Crippen LogP contribution in [-0.2, 0) is 16.4 Å². The third-order valence-corrected chi connectivity index (χ3v) is 6.56. The summed E-state index contributed by atoms with van der Waals surface area (Å²) in [6.07, 6.45) is 8.17. The monoisotopic (exact) mass is 393 g/mol. The zero-order valence-corrected chi connectivity index (χ0v) is 17.8. The van der Waals surface area contributed by atoms with E-state index in [0.717, 1.165) is 22.6 Å². The third-order valence-electron chi connectivity index (χ3n) is 5.63. The molecule has 0 bridgehead atoms. The lowest BCUT2D eigenvalue weighted by Gasteiger charge is -2.17. The van der Waals surface area contributed by atoms with E-state index < -0.39 is 9.84 Å². The van der Waals surface area contributed by atoms with Crippen molar-refractivity contribution in [3.63, 3.8) is 0 Å². The minimum atomic E-state index is -3.01. The Morgan fingerprint density at radius 1 is 1.22 bits per heavy atom. The standard InChI is InChI=1S/C19H31N5O2S/c1-13(19-14(2)22-23(16(19)4)10-11-27(5,25)26)21-18-12-20-24(15(18)3)17-8-6-7-9-17/h12-13,17,21H,6-11H2,1-5H3. The number of hydrogen-bond acceptors (Lipinski definition) is 5. The molecule has 1 N–H and O–H groups in total. The molecular formula is C19H31N5O2S. The van der Waals surface area contributed by atoms with Gasteiger partial charge in [-0.1, -0.05) is 12.8 Å². The summed E-state index contributed by atoms with van der Waals surface area (Å²) in [5.74, 6) is 0.101. The van der Waals surface area contributed by atoms with Gasteiger partial charge < -0.3 is 5.32 Å². The first kappa shape index (κ1) is 19.9. The van der Waals surface area contributed by atoms with Gasteiger partial charge in [-0.2, -0.15) is 10.2 Å². The lowest BCUT2D eigenvalue weighted by molar-refractivity contribution is 0.457. The maximum absolute atomic E-state index is 11.5. The van der Waals surface area contributed by atoms with Crippen LogP contribution in [0.25, 0.3) is 0 Å². The second kappa shape index (κ2) is 7.66. The van der Waals surface area contributed by atoms with Crippen molar-refractivity contribution in [1.82, 2.24) is 19.6 Å². The van der Waals surface area contributed by atoms with Crippen LogP contribution in [0.1, 0.15) is 67.3 Å². The van der Waals surface area contributed by atoms with Gasteiger partial charge in [0.1, 0.15) is 9.84 Å². The van der Waals surface area contributed by atoms with E-state index in [1.165, 1.54) is 37.6 Å². The number of nitrogens with one attached hydrogen (secondary N) is 1. The summed E-state index contributed by atoms with van der Waals surface area (Å²) in [7, 11) is -3.01. The Bertz CT molecular complexity index is 907. The molecule has 2 aromatic heterocycles. The summed E-state index contributed by atoms with van der Waals surface area (Å²) in [5, 5.41) is 12.8. The lowest BCUT2D eigenvalue weighted by Crippen LogP contribution is -2.14. The molecule has 0 saturated heterocycles. The molecule has 1 fully saturated rings. The van der Waals surface area contributed by atoms with Gasteiger partial charge in [-0.3, -0.25) is 9.36 Å². The highest BCUT2D eigenvalue weighted by molar-refractivity contribution is 7.90. The average Bonchev–Trinajstić information content (AvgIpc) is 3.27. The van der Waals surface area contributed by atoms with Crippen molar-refractivity contribution in [3.05, 3.63) is 28.8 Å². The van der Waals surface area contributed by atoms with Crippen LogP contribution in [0.5, 0.6) is 0 Å². The highest BCUT2D eigenvalue weighted by Crippen LogP contribution is 2.33. The van der Waals surface area contributed by atoms with Gasteiger partial charge >= 0.3 is 0 Å². The lowest BCUT2D eigenvalue weighted by atomic mass is 10.1. The highest BCUT2D eigenvalue weighted by atomic mass is 32.2. The second-order valence-electron chi connectivity index (χ2n) is 7.83. The molecule has 1 atom stereocenters. The van der Waals surface area contributed by atoms with Crippen LogP contribution in [0.15, 0.2) is 6.20 Å². The summed E-state index contributed by atoms with van der Waals surface area (Å²) in [6, 6.07) is 0.593. The van der Waals surface area contributed by atoms with Crippen LogP contribution in [0, 0.1) is 20.8 Å². The van der Waals surface area contributed by atoms with Crippen molar-refractivity contribution >= 4 is 15.5 Å². The Labute approximate surface area is 162 Å². The number of nitrogens with zero attached hydrogens (tertiary/aromatic N) is 4. The molecule has 7 nitrogen and oxygen atoms in total. The molecule has 0 amide bonds. The van der Waals surface area contributed by atoms with E-state index in [9.17, 15) is 8.42 Å². The topological polar surface area (TPSA) is 81.8 Å². The highest BCUT2D eigenvalue weighted by Gasteiger charge is 2.23. The van der Waals surface area contributed by atoms with Crippen LogP contribution < -0.4 is 5.32 Å². The van der Waals surface area contributed by atoms with E-state index in [1.54, 1.807) is 4.68 Å². The smallest absolute Gasteiger partial charge is 0.149 e. The molecule has 150 valence electrons. The first-order valence-corrected chi connectivity index (χ1v) is 11.8. The fourth-order valence-corrected chi connectivity index (χ4v) is 4.70. The molecule has 2 heterocycles. The van der Waals surface area contributed by atoms with E-state index in [0.29, 0.717) is 12.6 Å². The summed E-state index contributed by atoms with van der Waals surface area (Å²) >= 11 is 0. The van der Waals surface area contributed by atoms with Crippen molar-refractivity contribution in [2.75, 3.05) is 17.3 Å². The van der Waals surface area contributed by atoms with Crippen molar-refractivity contribution in [1.29, 1.82) is 0 Å². The van der Waals surface area contributed by atoms with Gasteiger partial charge in [-0.05, 0) is 40.5 Å². The predicted octanol–water partition coefficient (Wildman–Crippen LogP) is 3.34. The molecule has 1 aliphatic carbocycles. The van der Waals surface area contributed by atoms with Gasteiger partial charge in [-0.15, -0.1) is 0 Å². The maximum atomic E-state index is 11.5. The normalized spacial score (nSPS) is 16.8. The van der Waals surface area contributed by atoms with Crippen LogP contribution in [0.4, 0.5) is 5.69 Å². The molecular weight excluding hydrogens is 362 g/mol. The average molecular weight is 394 g/mol. The Hall–Kier alpha value is -1.83. The quantitative estimate of drug-likeness (QED) is 0.780. The largest absolute Gasteiger partial charge is 0.376 e. The molecule has 0 aliphatic heterocycles. The van der Waals surface area contributed by atoms with Gasteiger partial charge in [0.15, 0.2) is 0 Å². The van der Waals surface area contributed by atoms with Crippen molar-refractivity contribution in [3.8, 4) is 0 Å². The molecule has 1 saturated carbocycles. The van der Waals surface area contributed by atoms with Gasteiger partial charge in [0.2, 0.25) is 0 Å².